The maximum atomic E-state index is 5.61. The van der Waals surface area contributed by atoms with E-state index in [1.165, 1.54) is 0 Å². The number of rotatable bonds is 3. The summed E-state index contributed by atoms with van der Waals surface area (Å²) in [5.41, 5.74) is 3.93. The van der Waals surface area contributed by atoms with Crippen molar-refractivity contribution >= 4 is 16.7 Å². The Morgan fingerprint density at radius 1 is 1.18 bits per heavy atom. The molecule has 142 valence electrons. The number of hydrogen-bond acceptors (Lipinski definition) is 5. The van der Waals surface area contributed by atoms with Crippen LogP contribution in [0.2, 0.25) is 0 Å². The molecular weight excluding hydrogens is 352 g/mol. The summed E-state index contributed by atoms with van der Waals surface area (Å²) in [6.45, 7) is 4.39. The number of anilines is 1. The van der Waals surface area contributed by atoms with Crippen LogP contribution in [0.5, 0.6) is 0 Å². The number of fused-ring (bicyclic) bond motifs is 1. The lowest BCUT2D eigenvalue weighted by Gasteiger charge is -2.34. The van der Waals surface area contributed by atoms with Gasteiger partial charge in [-0.1, -0.05) is 12.1 Å². The third-order valence-corrected chi connectivity index (χ3v) is 5.29. The van der Waals surface area contributed by atoms with Crippen LogP contribution in [0.1, 0.15) is 6.92 Å². The third-order valence-electron chi connectivity index (χ3n) is 5.29. The predicted molar refractivity (Wildman–Crippen MR) is 109 cm³/mol. The van der Waals surface area contributed by atoms with Crippen LogP contribution in [0.3, 0.4) is 0 Å². The van der Waals surface area contributed by atoms with Gasteiger partial charge in [0, 0.05) is 48.5 Å². The maximum Gasteiger partial charge on any atom is 0.162 e. The van der Waals surface area contributed by atoms with Gasteiger partial charge >= 0.3 is 0 Å². The molecule has 4 heterocycles. The maximum absolute atomic E-state index is 5.61. The number of aromatic amines is 1. The number of hydrogen-bond donors (Lipinski definition) is 1. The van der Waals surface area contributed by atoms with Crippen LogP contribution in [0.15, 0.2) is 48.8 Å². The molecule has 3 aromatic heterocycles. The molecule has 0 spiro atoms. The smallest absolute Gasteiger partial charge is 0.162 e. The molecule has 0 amide bonds. The van der Waals surface area contributed by atoms with Crippen molar-refractivity contribution in [3.8, 4) is 22.8 Å². The Kier molecular flexibility index (Phi) is 4.09. The van der Waals surface area contributed by atoms with E-state index in [0.29, 0.717) is 13.2 Å². The van der Waals surface area contributed by atoms with Gasteiger partial charge in [0.05, 0.1) is 30.6 Å². The molecule has 1 aromatic carbocycles. The van der Waals surface area contributed by atoms with Crippen LogP contribution in [-0.2, 0) is 11.8 Å². The third kappa shape index (κ3) is 2.84. The van der Waals surface area contributed by atoms with Crippen molar-refractivity contribution < 1.29 is 4.74 Å². The monoisotopic (exact) mass is 374 g/mol. The van der Waals surface area contributed by atoms with Gasteiger partial charge in [0.15, 0.2) is 5.82 Å². The highest BCUT2D eigenvalue weighted by atomic mass is 16.5. The van der Waals surface area contributed by atoms with Crippen molar-refractivity contribution in [1.29, 1.82) is 0 Å². The first kappa shape index (κ1) is 16.9. The molecule has 0 aliphatic carbocycles. The van der Waals surface area contributed by atoms with Gasteiger partial charge in [-0.15, -0.1) is 0 Å². The number of benzene rings is 1. The highest BCUT2D eigenvalue weighted by Crippen LogP contribution is 2.31. The first-order chi connectivity index (χ1) is 13.7. The summed E-state index contributed by atoms with van der Waals surface area (Å²) in [5, 5.41) is 5.43. The lowest BCUT2D eigenvalue weighted by molar-refractivity contribution is 0.0985. The summed E-state index contributed by atoms with van der Waals surface area (Å²) in [5.74, 6) is 1.64. The molecule has 0 bridgehead atoms. The van der Waals surface area contributed by atoms with Crippen molar-refractivity contribution in [2.24, 2.45) is 7.05 Å². The molecule has 1 aliphatic heterocycles. The average molecular weight is 374 g/mol. The standard InChI is InChI=1S/C21H22N6O/c1-14-13-28-11-10-27(14)20-12-18(19-7-9-23-26(19)2)24-21(25-20)16-4-3-5-17-15(16)6-8-22-17/h3-9,12,14,22H,10-11,13H2,1-2H3/t14-/m1/s1. The zero-order valence-electron chi connectivity index (χ0n) is 16.0. The summed E-state index contributed by atoms with van der Waals surface area (Å²) in [6.07, 6.45) is 3.74. The largest absolute Gasteiger partial charge is 0.377 e. The summed E-state index contributed by atoms with van der Waals surface area (Å²) >= 11 is 0. The minimum absolute atomic E-state index is 0.263. The van der Waals surface area contributed by atoms with E-state index in [4.69, 9.17) is 14.7 Å². The van der Waals surface area contributed by atoms with Crippen LogP contribution >= 0.6 is 0 Å². The topological polar surface area (TPSA) is 71.9 Å². The number of aromatic nitrogens is 5. The van der Waals surface area contributed by atoms with E-state index in [2.05, 4.69) is 46.2 Å². The Labute approximate surface area is 163 Å². The molecule has 0 unspecified atom stereocenters. The van der Waals surface area contributed by atoms with E-state index in [9.17, 15) is 0 Å². The minimum Gasteiger partial charge on any atom is -0.377 e. The summed E-state index contributed by atoms with van der Waals surface area (Å²) in [4.78, 5) is 15.4. The molecule has 1 atom stereocenters. The molecule has 7 nitrogen and oxygen atoms in total. The second kappa shape index (κ2) is 6.76. The molecule has 0 radical (unpaired) electrons. The molecule has 5 rings (SSSR count). The first-order valence-corrected chi connectivity index (χ1v) is 9.49. The second-order valence-corrected chi connectivity index (χ2v) is 7.14. The molecule has 7 heteroatoms. The zero-order chi connectivity index (χ0) is 19.1. The molecule has 28 heavy (non-hydrogen) atoms. The van der Waals surface area contributed by atoms with Crippen LogP contribution < -0.4 is 4.90 Å². The quantitative estimate of drug-likeness (QED) is 0.596. The fraction of sp³-hybridized carbons (Fsp3) is 0.286. The van der Waals surface area contributed by atoms with E-state index in [0.717, 1.165) is 46.0 Å². The Bertz CT molecular complexity index is 1130. The van der Waals surface area contributed by atoms with Crippen molar-refractivity contribution in [1.82, 2.24) is 24.7 Å². The predicted octanol–water partition coefficient (Wildman–Crippen LogP) is 3.25. The number of aryl methyl sites for hydroxylation is 1. The van der Waals surface area contributed by atoms with Crippen molar-refractivity contribution in [2.45, 2.75) is 13.0 Å². The van der Waals surface area contributed by atoms with E-state index in [1.54, 1.807) is 6.20 Å². The second-order valence-electron chi connectivity index (χ2n) is 7.14. The highest BCUT2D eigenvalue weighted by molar-refractivity contribution is 5.93. The summed E-state index contributed by atoms with van der Waals surface area (Å²) in [7, 11) is 1.93. The van der Waals surface area contributed by atoms with Crippen molar-refractivity contribution in [2.75, 3.05) is 24.7 Å². The van der Waals surface area contributed by atoms with Crippen LogP contribution in [0.25, 0.3) is 33.7 Å². The molecule has 4 aromatic rings. The van der Waals surface area contributed by atoms with Gasteiger partial charge in [-0.05, 0) is 25.1 Å². The summed E-state index contributed by atoms with van der Waals surface area (Å²) in [6, 6.07) is 12.5. The molecule has 1 fully saturated rings. The summed E-state index contributed by atoms with van der Waals surface area (Å²) < 4.78 is 7.46. The van der Waals surface area contributed by atoms with E-state index in [1.807, 2.05) is 30.1 Å². The number of H-pyrrole nitrogens is 1. The van der Waals surface area contributed by atoms with Gasteiger partial charge < -0.3 is 14.6 Å². The van der Waals surface area contributed by atoms with Crippen molar-refractivity contribution in [3.05, 3.63) is 48.8 Å². The molecule has 0 saturated carbocycles. The molecule has 1 N–H and O–H groups in total. The first-order valence-electron chi connectivity index (χ1n) is 9.49. The Balaban J connectivity index is 1.71. The Morgan fingerprint density at radius 3 is 2.93 bits per heavy atom. The van der Waals surface area contributed by atoms with Crippen molar-refractivity contribution in [3.63, 3.8) is 0 Å². The lowest BCUT2D eigenvalue weighted by Crippen LogP contribution is -2.44. The number of nitrogens with one attached hydrogen (secondary N) is 1. The number of ether oxygens (including phenoxy) is 1. The highest BCUT2D eigenvalue weighted by Gasteiger charge is 2.23. The fourth-order valence-corrected chi connectivity index (χ4v) is 3.81. The average Bonchev–Trinajstić information content (AvgIpc) is 3.36. The van der Waals surface area contributed by atoms with Crippen LogP contribution in [0.4, 0.5) is 5.82 Å². The molecular formula is C21H22N6O. The SMILES string of the molecule is C[C@@H]1COCCN1c1cc(-c2ccnn2C)nc(-c2cccc3[nH]ccc23)n1. The van der Waals surface area contributed by atoms with Gasteiger partial charge in [0.25, 0.3) is 0 Å². The number of nitrogens with zero attached hydrogens (tertiary/aromatic N) is 5. The van der Waals surface area contributed by atoms with Gasteiger partial charge in [0.1, 0.15) is 5.82 Å². The van der Waals surface area contributed by atoms with Gasteiger partial charge in [-0.2, -0.15) is 5.10 Å². The minimum atomic E-state index is 0.263. The fourth-order valence-electron chi connectivity index (χ4n) is 3.81. The van der Waals surface area contributed by atoms with Gasteiger partial charge in [0.2, 0.25) is 0 Å². The number of morpholine rings is 1. The normalized spacial score (nSPS) is 17.4. The molecule has 1 aliphatic rings. The lowest BCUT2D eigenvalue weighted by atomic mass is 10.1. The van der Waals surface area contributed by atoms with Crippen LogP contribution in [0, 0.1) is 0 Å². The van der Waals surface area contributed by atoms with E-state index < -0.39 is 0 Å². The molecule has 1 saturated heterocycles. The zero-order valence-corrected chi connectivity index (χ0v) is 16.0. The Hall–Kier alpha value is -3.19. The van der Waals surface area contributed by atoms with Gasteiger partial charge in [-0.3, -0.25) is 4.68 Å². The van der Waals surface area contributed by atoms with Crippen LogP contribution in [-0.4, -0.2) is 50.5 Å². The van der Waals surface area contributed by atoms with E-state index in [-0.39, 0.29) is 6.04 Å². The van der Waals surface area contributed by atoms with E-state index >= 15 is 0 Å². The van der Waals surface area contributed by atoms with Gasteiger partial charge in [-0.25, -0.2) is 9.97 Å². The Morgan fingerprint density at radius 2 is 2.11 bits per heavy atom.